The Morgan fingerprint density at radius 1 is 0.808 bits per heavy atom. The molecule has 0 N–H and O–H groups in total. The van der Waals surface area contributed by atoms with Gasteiger partial charge in [-0.15, -0.1) is 5.10 Å². The van der Waals surface area contributed by atoms with Gasteiger partial charge in [-0.2, -0.15) is 0 Å². The van der Waals surface area contributed by atoms with E-state index >= 15 is 0 Å². The smallest absolute Gasteiger partial charge is 0.143 e. The lowest BCUT2D eigenvalue weighted by atomic mass is 9.83. The number of alkyl halides is 1. The van der Waals surface area contributed by atoms with Gasteiger partial charge < -0.3 is 0 Å². The molecule has 4 rings (SSSR count). The Hall–Kier alpha value is -2.43. The van der Waals surface area contributed by atoms with Gasteiger partial charge in [-0.3, -0.25) is 0 Å². The second-order valence-corrected chi connectivity index (χ2v) is 6.87. The lowest BCUT2D eigenvalue weighted by Gasteiger charge is -2.33. The first kappa shape index (κ1) is 17.0. The van der Waals surface area contributed by atoms with Crippen LogP contribution in [0, 0.1) is 0 Å². The Balaban J connectivity index is 2.05. The second-order valence-electron chi connectivity index (χ2n) is 6.00. The van der Waals surface area contributed by atoms with Crippen molar-refractivity contribution < 1.29 is 4.39 Å². The van der Waals surface area contributed by atoms with Gasteiger partial charge in [0.25, 0.3) is 0 Å². The molecule has 1 aromatic heterocycles. The quantitative estimate of drug-likeness (QED) is 0.464. The highest BCUT2D eigenvalue weighted by Gasteiger charge is 2.39. The molecule has 1 heterocycles. The summed E-state index contributed by atoms with van der Waals surface area (Å²) >= 11 is 12.1. The predicted molar refractivity (Wildman–Crippen MR) is 103 cm³/mol. The lowest BCUT2D eigenvalue weighted by Crippen LogP contribution is -2.39. The summed E-state index contributed by atoms with van der Waals surface area (Å²) in [6.07, 6.45) is 0. The van der Waals surface area contributed by atoms with Gasteiger partial charge in [-0.25, -0.2) is 9.07 Å². The molecule has 3 aromatic carbocycles. The summed E-state index contributed by atoms with van der Waals surface area (Å²) in [6, 6.07) is 21.7. The van der Waals surface area contributed by atoms with Crippen LogP contribution >= 0.6 is 23.2 Å². The van der Waals surface area contributed by atoms with E-state index in [4.69, 9.17) is 23.2 Å². The van der Waals surface area contributed by atoms with E-state index in [1.165, 1.54) is 0 Å². The van der Waals surface area contributed by atoms with Crippen molar-refractivity contribution in [3.63, 3.8) is 0 Å². The monoisotopic (exact) mass is 385 g/mol. The molecular formula is C20H14Cl2FN3. The summed E-state index contributed by atoms with van der Waals surface area (Å²) in [5.74, 6) is 0. The fourth-order valence-corrected chi connectivity index (χ4v) is 3.48. The molecule has 0 bridgehead atoms. The summed E-state index contributed by atoms with van der Waals surface area (Å²) < 4.78 is 16.5. The Labute approximate surface area is 160 Å². The molecule has 0 fully saturated rings. The van der Waals surface area contributed by atoms with Crippen LogP contribution in [0.2, 0.25) is 10.0 Å². The topological polar surface area (TPSA) is 30.7 Å². The van der Waals surface area contributed by atoms with Crippen molar-refractivity contribution in [1.82, 2.24) is 15.0 Å². The van der Waals surface area contributed by atoms with E-state index in [-0.39, 0.29) is 0 Å². The number of para-hydroxylation sites is 1. The molecule has 0 aliphatic heterocycles. The average molecular weight is 386 g/mol. The Kier molecular flexibility index (Phi) is 4.39. The maximum atomic E-state index is 14.8. The van der Waals surface area contributed by atoms with Crippen LogP contribution in [0.15, 0.2) is 72.8 Å². The maximum absolute atomic E-state index is 14.8. The first-order chi connectivity index (χ1) is 12.6. The van der Waals surface area contributed by atoms with Crippen molar-refractivity contribution in [3.05, 3.63) is 94.0 Å². The minimum atomic E-state index is -1.18. The third-order valence-corrected chi connectivity index (χ3v) is 5.05. The van der Waals surface area contributed by atoms with E-state index in [2.05, 4.69) is 10.3 Å². The SMILES string of the molecule is FCC(c1ccc(Cl)cc1)(c1ccc(Cl)cc1)n1nnc2ccccc21. The molecular weight excluding hydrogens is 372 g/mol. The maximum Gasteiger partial charge on any atom is 0.143 e. The van der Waals surface area contributed by atoms with Crippen LogP contribution in [0.5, 0.6) is 0 Å². The summed E-state index contributed by atoms with van der Waals surface area (Å²) in [5, 5.41) is 9.68. The minimum Gasteiger partial charge on any atom is -0.248 e. The van der Waals surface area contributed by atoms with Crippen LogP contribution in [0.4, 0.5) is 4.39 Å². The van der Waals surface area contributed by atoms with Crippen molar-refractivity contribution >= 4 is 34.2 Å². The number of benzene rings is 3. The molecule has 0 unspecified atom stereocenters. The number of aromatic nitrogens is 3. The van der Waals surface area contributed by atoms with Crippen LogP contribution in [0.1, 0.15) is 11.1 Å². The zero-order chi connectivity index (χ0) is 18.1. The fourth-order valence-electron chi connectivity index (χ4n) is 3.22. The molecule has 0 spiro atoms. The highest BCUT2D eigenvalue weighted by Crippen LogP contribution is 2.37. The van der Waals surface area contributed by atoms with Gasteiger partial charge in [-0.05, 0) is 47.5 Å². The van der Waals surface area contributed by atoms with Crippen LogP contribution in [-0.4, -0.2) is 21.7 Å². The Bertz CT molecular complexity index is 997. The van der Waals surface area contributed by atoms with Gasteiger partial charge in [-0.1, -0.05) is 64.8 Å². The van der Waals surface area contributed by atoms with E-state index in [9.17, 15) is 4.39 Å². The molecule has 0 saturated heterocycles. The molecule has 0 amide bonds. The molecule has 130 valence electrons. The third kappa shape index (κ3) is 2.66. The molecule has 0 aliphatic carbocycles. The van der Waals surface area contributed by atoms with Gasteiger partial charge in [0.05, 0.1) is 5.52 Å². The van der Waals surface area contributed by atoms with Gasteiger partial charge in [0.1, 0.15) is 17.7 Å². The van der Waals surface area contributed by atoms with E-state index in [0.717, 1.165) is 16.6 Å². The zero-order valence-corrected chi connectivity index (χ0v) is 15.1. The van der Waals surface area contributed by atoms with Gasteiger partial charge in [0, 0.05) is 10.0 Å². The summed E-state index contributed by atoms with van der Waals surface area (Å²) in [6.45, 7) is -0.705. The minimum absolute atomic E-state index is 0.584. The van der Waals surface area contributed by atoms with Crippen molar-refractivity contribution in [3.8, 4) is 0 Å². The second kappa shape index (κ2) is 6.71. The summed E-state index contributed by atoms with van der Waals surface area (Å²) in [5.41, 5.74) is 1.72. The molecule has 26 heavy (non-hydrogen) atoms. The van der Waals surface area contributed by atoms with Gasteiger partial charge >= 0.3 is 0 Å². The van der Waals surface area contributed by atoms with Crippen LogP contribution in [0.3, 0.4) is 0 Å². The van der Waals surface area contributed by atoms with E-state index < -0.39 is 12.2 Å². The van der Waals surface area contributed by atoms with Gasteiger partial charge in [0.2, 0.25) is 0 Å². The van der Waals surface area contributed by atoms with Crippen LogP contribution < -0.4 is 0 Å². The normalized spacial score (nSPS) is 11.8. The Morgan fingerprint density at radius 2 is 1.35 bits per heavy atom. The third-order valence-electron chi connectivity index (χ3n) is 4.55. The average Bonchev–Trinajstić information content (AvgIpc) is 3.10. The summed E-state index contributed by atoms with van der Waals surface area (Å²) in [4.78, 5) is 0. The van der Waals surface area contributed by atoms with Crippen molar-refractivity contribution in [2.75, 3.05) is 6.67 Å². The molecule has 4 aromatic rings. The fraction of sp³-hybridized carbons (Fsp3) is 0.100. The van der Waals surface area contributed by atoms with Crippen molar-refractivity contribution in [2.24, 2.45) is 0 Å². The summed E-state index contributed by atoms with van der Waals surface area (Å²) in [7, 11) is 0. The molecule has 0 radical (unpaired) electrons. The van der Waals surface area contributed by atoms with E-state index in [1.807, 2.05) is 48.5 Å². The number of rotatable bonds is 4. The lowest BCUT2D eigenvalue weighted by molar-refractivity contribution is 0.288. The predicted octanol–water partition coefficient (Wildman–Crippen LogP) is 5.50. The molecule has 0 aliphatic rings. The number of hydrogen-bond donors (Lipinski definition) is 0. The number of nitrogens with zero attached hydrogens (tertiary/aromatic N) is 3. The van der Waals surface area contributed by atoms with Crippen molar-refractivity contribution in [2.45, 2.75) is 5.54 Å². The first-order valence-corrected chi connectivity index (χ1v) is 8.80. The molecule has 0 saturated carbocycles. The highest BCUT2D eigenvalue weighted by atomic mass is 35.5. The number of fused-ring (bicyclic) bond motifs is 1. The van der Waals surface area contributed by atoms with E-state index in [1.54, 1.807) is 28.9 Å². The molecule has 3 nitrogen and oxygen atoms in total. The number of hydrogen-bond acceptors (Lipinski definition) is 2. The van der Waals surface area contributed by atoms with E-state index in [0.29, 0.717) is 15.6 Å². The molecule has 0 atom stereocenters. The van der Waals surface area contributed by atoms with Crippen LogP contribution in [0.25, 0.3) is 11.0 Å². The van der Waals surface area contributed by atoms with Crippen LogP contribution in [-0.2, 0) is 5.54 Å². The zero-order valence-electron chi connectivity index (χ0n) is 13.6. The Morgan fingerprint density at radius 3 is 1.88 bits per heavy atom. The highest BCUT2D eigenvalue weighted by molar-refractivity contribution is 6.30. The number of halogens is 3. The largest absolute Gasteiger partial charge is 0.248 e. The van der Waals surface area contributed by atoms with Gasteiger partial charge in [0.15, 0.2) is 0 Å². The standard InChI is InChI=1S/C20H14Cl2FN3/c21-16-9-5-14(6-10-16)20(13-23,15-7-11-17(22)12-8-15)26-19-4-2-1-3-18(19)24-25-26/h1-12H,13H2. The van der Waals surface area contributed by atoms with Crippen molar-refractivity contribution in [1.29, 1.82) is 0 Å². The molecule has 6 heteroatoms. The first-order valence-electron chi connectivity index (χ1n) is 8.04.